The Bertz CT molecular complexity index is 1180. The molecule has 4 rings (SSSR count). The van der Waals surface area contributed by atoms with Gasteiger partial charge in [-0.2, -0.15) is 5.10 Å². The number of benzene rings is 2. The van der Waals surface area contributed by atoms with Crippen molar-refractivity contribution in [3.63, 3.8) is 0 Å². The minimum atomic E-state index is -0.360. The molecule has 0 saturated carbocycles. The van der Waals surface area contributed by atoms with E-state index in [0.29, 0.717) is 54.0 Å². The van der Waals surface area contributed by atoms with Gasteiger partial charge >= 0.3 is 0 Å². The van der Waals surface area contributed by atoms with Crippen molar-refractivity contribution in [1.82, 2.24) is 15.1 Å². The first kappa shape index (κ1) is 23.4. The Labute approximate surface area is 198 Å². The highest BCUT2D eigenvalue weighted by molar-refractivity contribution is 6.00. The predicted molar refractivity (Wildman–Crippen MR) is 126 cm³/mol. The quantitative estimate of drug-likeness (QED) is 0.454. The Morgan fingerprint density at radius 2 is 1.53 bits per heavy atom. The highest BCUT2D eigenvalue weighted by Gasteiger charge is 2.42. The molecule has 34 heavy (non-hydrogen) atoms. The van der Waals surface area contributed by atoms with Crippen molar-refractivity contribution in [3.8, 4) is 34.3 Å². The number of amides is 1. The summed E-state index contributed by atoms with van der Waals surface area (Å²) < 4.78 is 27.0. The van der Waals surface area contributed by atoms with Gasteiger partial charge in [-0.3, -0.25) is 9.89 Å². The molecule has 1 aliphatic heterocycles. The Balaban J connectivity index is 1.85. The van der Waals surface area contributed by atoms with Crippen molar-refractivity contribution in [3.05, 3.63) is 53.2 Å². The van der Waals surface area contributed by atoms with Crippen LogP contribution >= 0.6 is 0 Å². The van der Waals surface area contributed by atoms with E-state index in [1.807, 2.05) is 41.3 Å². The van der Waals surface area contributed by atoms with Gasteiger partial charge in [0.1, 0.15) is 5.69 Å². The van der Waals surface area contributed by atoms with Crippen molar-refractivity contribution in [2.24, 2.45) is 0 Å². The molecule has 2 aromatic carbocycles. The molecule has 3 aromatic rings. The topological polar surface area (TPSA) is 95.1 Å². The van der Waals surface area contributed by atoms with E-state index in [4.69, 9.17) is 23.7 Å². The Kier molecular flexibility index (Phi) is 6.93. The molecule has 0 saturated heterocycles. The number of ether oxygens (including phenoxy) is 5. The van der Waals surface area contributed by atoms with Crippen LogP contribution in [0.25, 0.3) is 11.3 Å². The molecule has 1 aliphatic rings. The Morgan fingerprint density at radius 3 is 2.18 bits per heavy atom. The number of nitrogens with zero attached hydrogens (tertiary/aromatic N) is 2. The van der Waals surface area contributed by atoms with Crippen LogP contribution < -0.4 is 18.9 Å². The van der Waals surface area contributed by atoms with Gasteiger partial charge in [-0.05, 0) is 42.3 Å². The number of aromatic amines is 1. The number of rotatable bonds is 10. The summed E-state index contributed by atoms with van der Waals surface area (Å²) >= 11 is 0. The van der Waals surface area contributed by atoms with Gasteiger partial charge in [-0.25, -0.2) is 0 Å². The third kappa shape index (κ3) is 4.03. The molecule has 0 fully saturated rings. The predicted octanol–water partition coefficient (Wildman–Crippen LogP) is 3.69. The van der Waals surface area contributed by atoms with Crippen LogP contribution in [0.2, 0.25) is 0 Å². The molecule has 0 spiro atoms. The maximum Gasteiger partial charge on any atom is 0.273 e. The lowest BCUT2D eigenvalue weighted by atomic mass is 9.95. The van der Waals surface area contributed by atoms with Gasteiger partial charge in [0.15, 0.2) is 23.0 Å². The highest BCUT2D eigenvalue weighted by Crippen LogP contribution is 2.45. The number of hydrogen-bond donors (Lipinski definition) is 1. The second-order valence-corrected chi connectivity index (χ2v) is 7.79. The zero-order chi connectivity index (χ0) is 24.2. The summed E-state index contributed by atoms with van der Waals surface area (Å²) in [5, 5.41) is 7.49. The lowest BCUT2D eigenvalue weighted by molar-refractivity contribution is 0.0723. The van der Waals surface area contributed by atoms with Crippen LogP contribution in [0.4, 0.5) is 0 Å². The minimum Gasteiger partial charge on any atom is -0.493 e. The van der Waals surface area contributed by atoms with Crippen molar-refractivity contribution in [2.75, 3.05) is 48.7 Å². The standard InChI is InChI=1S/C25H29N3O6/c1-30-12-6-11-28-24(16-8-10-18(32-3)20(14-16)34-5)21-22(26-27-23(21)25(28)29)15-7-9-17(31-2)19(13-15)33-4/h7-10,13-14,24H,6,11-12H2,1-5H3,(H,26,27). The van der Waals surface area contributed by atoms with E-state index in [9.17, 15) is 4.79 Å². The number of hydrogen-bond acceptors (Lipinski definition) is 7. The molecule has 9 heteroatoms. The lowest BCUT2D eigenvalue weighted by Gasteiger charge is -2.27. The number of fused-ring (bicyclic) bond motifs is 1. The Hall–Kier alpha value is -3.72. The summed E-state index contributed by atoms with van der Waals surface area (Å²) in [5.41, 5.74) is 3.67. The average Bonchev–Trinajstić information content (AvgIpc) is 3.42. The van der Waals surface area contributed by atoms with Crippen molar-refractivity contribution >= 4 is 5.91 Å². The summed E-state index contributed by atoms with van der Waals surface area (Å²) in [6.45, 7) is 1.08. The van der Waals surface area contributed by atoms with Gasteiger partial charge in [0.25, 0.3) is 5.91 Å². The fourth-order valence-electron chi connectivity index (χ4n) is 4.38. The summed E-state index contributed by atoms with van der Waals surface area (Å²) in [5.74, 6) is 2.31. The van der Waals surface area contributed by atoms with E-state index in [0.717, 1.165) is 16.7 Å². The van der Waals surface area contributed by atoms with Crippen LogP contribution in [0, 0.1) is 0 Å². The van der Waals surface area contributed by atoms with Gasteiger partial charge in [0.2, 0.25) is 0 Å². The maximum absolute atomic E-state index is 13.4. The fourth-order valence-corrected chi connectivity index (χ4v) is 4.38. The molecule has 180 valence electrons. The van der Waals surface area contributed by atoms with Crippen LogP contribution in [0.15, 0.2) is 36.4 Å². The van der Waals surface area contributed by atoms with Gasteiger partial charge in [-0.1, -0.05) is 6.07 Å². The second-order valence-electron chi connectivity index (χ2n) is 7.79. The van der Waals surface area contributed by atoms with Gasteiger partial charge < -0.3 is 28.6 Å². The zero-order valence-corrected chi connectivity index (χ0v) is 20.0. The average molecular weight is 468 g/mol. The molecular formula is C25H29N3O6. The first-order valence-electron chi connectivity index (χ1n) is 10.9. The number of carbonyl (C=O) groups is 1. The van der Waals surface area contributed by atoms with Crippen LogP contribution in [0.1, 0.15) is 34.1 Å². The first-order valence-corrected chi connectivity index (χ1v) is 10.9. The fraction of sp³-hybridized carbons (Fsp3) is 0.360. The molecule has 0 bridgehead atoms. The van der Waals surface area contributed by atoms with Gasteiger partial charge in [0, 0.05) is 31.4 Å². The number of aromatic nitrogens is 2. The van der Waals surface area contributed by atoms with E-state index < -0.39 is 0 Å². The van der Waals surface area contributed by atoms with E-state index >= 15 is 0 Å². The second kappa shape index (κ2) is 10.0. The molecule has 2 heterocycles. The van der Waals surface area contributed by atoms with Crippen molar-refractivity contribution < 1.29 is 28.5 Å². The molecule has 1 unspecified atom stereocenters. The smallest absolute Gasteiger partial charge is 0.273 e. The molecule has 1 atom stereocenters. The van der Waals surface area contributed by atoms with E-state index in [-0.39, 0.29) is 11.9 Å². The summed E-state index contributed by atoms with van der Waals surface area (Å²) in [6, 6.07) is 10.9. The van der Waals surface area contributed by atoms with Crippen LogP contribution in [-0.4, -0.2) is 69.7 Å². The summed E-state index contributed by atoms with van der Waals surface area (Å²) in [7, 11) is 8.02. The molecule has 0 radical (unpaired) electrons. The molecular weight excluding hydrogens is 438 g/mol. The zero-order valence-electron chi connectivity index (χ0n) is 20.0. The molecule has 0 aliphatic carbocycles. The molecule has 1 aromatic heterocycles. The van der Waals surface area contributed by atoms with Crippen LogP contribution in [0.3, 0.4) is 0 Å². The third-order valence-corrected chi connectivity index (χ3v) is 5.99. The lowest BCUT2D eigenvalue weighted by Crippen LogP contribution is -2.31. The van der Waals surface area contributed by atoms with E-state index in [1.165, 1.54) is 0 Å². The van der Waals surface area contributed by atoms with E-state index in [1.54, 1.807) is 35.5 Å². The number of nitrogens with one attached hydrogen (secondary N) is 1. The summed E-state index contributed by atoms with van der Waals surface area (Å²) in [6.07, 6.45) is 0.704. The molecule has 9 nitrogen and oxygen atoms in total. The SMILES string of the molecule is COCCCN1C(=O)c2[nH]nc(-c3ccc(OC)c(OC)c3)c2C1c1ccc(OC)c(OC)c1. The van der Waals surface area contributed by atoms with Gasteiger partial charge in [-0.15, -0.1) is 0 Å². The molecule has 1 amide bonds. The minimum absolute atomic E-state index is 0.106. The monoisotopic (exact) mass is 467 g/mol. The third-order valence-electron chi connectivity index (χ3n) is 5.99. The number of H-pyrrole nitrogens is 1. The van der Waals surface area contributed by atoms with Crippen molar-refractivity contribution in [2.45, 2.75) is 12.5 Å². The van der Waals surface area contributed by atoms with Crippen molar-refractivity contribution in [1.29, 1.82) is 0 Å². The normalized spacial score (nSPS) is 14.8. The van der Waals surface area contributed by atoms with Crippen LogP contribution in [0.5, 0.6) is 23.0 Å². The number of carbonyl (C=O) groups excluding carboxylic acids is 1. The highest BCUT2D eigenvalue weighted by atomic mass is 16.5. The number of methoxy groups -OCH3 is 5. The van der Waals surface area contributed by atoms with Gasteiger partial charge in [0.05, 0.1) is 40.2 Å². The van der Waals surface area contributed by atoms with E-state index in [2.05, 4.69) is 10.2 Å². The molecule has 1 N–H and O–H groups in total. The first-order chi connectivity index (χ1) is 16.6. The maximum atomic E-state index is 13.4. The Morgan fingerprint density at radius 1 is 0.882 bits per heavy atom. The van der Waals surface area contributed by atoms with Crippen LogP contribution in [-0.2, 0) is 4.74 Å². The largest absolute Gasteiger partial charge is 0.493 e. The summed E-state index contributed by atoms with van der Waals surface area (Å²) in [4.78, 5) is 15.3.